The van der Waals surface area contributed by atoms with E-state index in [1.54, 1.807) is 0 Å². The molecule has 12 heavy (non-hydrogen) atoms. The molecule has 1 aliphatic heterocycles. The van der Waals surface area contributed by atoms with Crippen molar-refractivity contribution in [3.63, 3.8) is 0 Å². The molecular weight excluding hydrogens is 150 g/mol. The van der Waals surface area contributed by atoms with E-state index < -0.39 is 0 Å². The molecule has 0 N–H and O–H groups in total. The molecule has 0 saturated heterocycles. The molecular formula is C9H15N3. The molecule has 0 bridgehead atoms. The van der Waals surface area contributed by atoms with Gasteiger partial charge in [-0.2, -0.15) is 5.10 Å². The lowest BCUT2D eigenvalue weighted by Crippen LogP contribution is -2.21. The second kappa shape index (κ2) is 2.90. The summed E-state index contributed by atoms with van der Waals surface area (Å²) in [6.07, 6.45) is 4.30. The van der Waals surface area contributed by atoms with Crippen LogP contribution < -0.4 is 0 Å². The van der Waals surface area contributed by atoms with E-state index >= 15 is 0 Å². The van der Waals surface area contributed by atoms with Crippen LogP contribution in [0.1, 0.15) is 11.3 Å². The maximum Gasteiger partial charge on any atom is 0.0525 e. The summed E-state index contributed by atoms with van der Waals surface area (Å²) in [6, 6.07) is 0. The molecule has 0 spiro atoms. The molecule has 0 atom stereocenters. The number of aryl methyl sites for hydroxylation is 1. The Morgan fingerprint density at radius 3 is 2.83 bits per heavy atom. The number of likely N-dealkylation sites (N-methyl/N-ethyl adjacent to an activating group) is 1. The molecule has 3 heteroatoms. The highest BCUT2D eigenvalue weighted by Gasteiger charge is 2.13. The Balaban J connectivity index is 2.28. The molecule has 0 aliphatic carbocycles. The van der Waals surface area contributed by atoms with Gasteiger partial charge in [0.1, 0.15) is 0 Å². The monoisotopic (exact) mass is 165 g/mol. The molecule has 1 aromatic rings. The average Bonchev–Trinajstić information content (AvgIpc) is 2.28. The van der Waals surface area contributed by atoms with Crippen LogP contribution >= 0.6 is 0 Å². The topological polar surface area (TPSA) is 21.1 Å². The Morgan fingerprint density at radius 1 is 1.25 bits per heavy atom. The number of hydrogen-bond acceptors (Lipinski definition) is 2. The van der Waals surface area contributed by atoms with Crippen molar-refractivity contribution in [2.45, 2.75) is 12.8 Å². The molecule has 0 unspecified atom stereocenters. The van der Waals surface area contributed by atoms with Gasteiger partial charge in [0, 0.05) is 32.3 Å². The smallest absolute Gasteiger partial charge is 0.0525 e. The summed E-state index contributed by atoms with van der Waals surface area (Å²) in [4.78, 5) is 2.38. The van der Waals surface area contributed by atoms with E-state index in [-0.39, 0.29) is 0 Å². The zero-order valence-corrected chi connectivity index (χ0v) is 7.75. The minimum atomic E-state index is 1.14. The summed E-state index contributed by atoms with van der Waals surface area (Å²) in [5.41, 5.74) is 2.85. The Morgan fingerprint density at radius 2 is 2.00 bits per heavy atom. The highest BCUT2D eigenvalue weighted by molar-refractivity contribution is 5.19. The van der Waals surface area contributed by atoms with Crippen molar-refractivity contribution in [1.29, 1.82) is 0 Å². The third-order valence-electron chi connectivity index (χ3n) is 2.64. The molecule has 66 valence electrons. The van der Waals surface area contributed by atoms with Crippen molar-refractivity contribution >= 4 is 0 Å². The fourth-order valence-corrected chi connectivity index (χ4v) is 1.76. The van der Waals surface area contributed by atoms with E-state index in [1.807, 2.05) is 17.9 Å². The van der Waals surface area contributed by atoms with Gasteiger partial charge in [-0.3, -0.25) is 4.68 Å². The maximum absolute atomic E-state index is 4.26. The largest absolute Gasteiger partial charge is 0.306 e. The van der Waals surface area contributed by atoms with Gasteiger partial charge in [-0.15, -0.1) is 0 Å². The lowest BCUT2D eigenvalue weighted by atomic mass is 10.2. The lowest BCUT2D eigenvalue weighted by Gasteiger charge is -2.11. The van der Waals surface area contributed by atoms with Gasteiger partial charge < -0.3 is 4.90 Å². The van der Waals surface area contributed by atoms with Crippen molar-refractivity contribution < 1.29 is 0 Å². The third-order valence-corrected chi connectivity index (χ3v) is 2.64. The van der Waals surface area contributed by atoms with Gasteiger partial charge in [0.15, 0.2) is 0 Å². The first-order chi connectivity index (χ1) is 5.77. The highest BCUT2D eigenvalue weighted by atomic mass is 15.3. The predicted octanol–water partition coefficient (Wildman–Crippen LogP) is 0.450. The summed E-state index contributed by atoms with van der Waals surface area (Å²) < 4.78 is 2.01. The summed E-state index contributed by atoms with van der Waals surface area (Å²) in [5, 5.41) is 4.26. The van der Waals surface area contributed by atoms with Crippen LogP contribution in [0.4, 0.5) is 0 Å². The van der Waals surface area contributed by atoms with E-state index in [9.17, 15) is 0 Å². The normalized spacial score (nSPS) is 18.8. The third kappa shape index (κ3) is 1.25. The molecule has 0 amide bonds. The first kappa shape index (κ1) is 7.80. The average molecular weight is 165 g/mol. The van der Waals surface area contributed by atoms with Crippen LogP contribution in [0, 0.1) is 0 Å². The van der Waals surface area contributed by atoms with Crippen molar-refractivity contribution in [2.75, 3.05) is 20.1 Å². The second-order valence-electron chi connectivity index (χ2n) is 3.54. The highest BCUT2D eigenvalue weighted by Crippen LogP contribution is 2.13. The van der Waals surface area contributed by atoms with Gasteiger partial charge in [0.2, 0.25) is 0 Å². The van der Waals surface area contributed by atoms with E-state index in [4.69, 9.17) is 0 Å². The Hall–Kier alpha value is -0.830. The fraction of sp³-hybridized carbons (Fsp3) is 0.667. The van der Waals surface area contributed by atoms with Crippen molar-refractivity contribution in [3.8, 4) is 0 Å². The van der Waals surface area contributed by atoms with Crippen LogP contribution in [0.25, 0.3) is 0 Å². The second-order valence-corrected chi connectivity index (χ2v) is 3.54. The van der Waals surface area contributed by atoms with Crippen LogP contribution in [-0.2, 0) is 19.9 Å². The van der Waals surface area contributed by atoms with Crippen LogP contribution in [0.5, 0.6) is 0 Å². The van der Waals surface area contributed by atoms with Gasteiger partial charge in [-0.25, -0.2) is 0 Å². The number of hydrogen-bond donors (Lipinski definition) is 0. The standard InChI is InChI=1S/C9H15N3/c1-11-5-3-8-7-10-12(2)9(8)4-6-11/h7H,3-6H2,1-2H3. The maximum atomic E-state index is 4.26. The van der Waals surface area contributed by atoms with Crippen LogP contribution in [-0.4, -0.2) is 34.8 Å². The van der Waals surface area contributed by atoms with Crippen LogP contribution in [0.15, 0.2) is 6.20 Å². The lowest BCUT2D eigenvalue weighted by molar-refractivity contribution is 0.350. The van der Waals surface area contributed by atoms with Gasteiger partial charge in [-0.05, 0) is 19.0 Å². The molecule has 1 aromatic heterocycles. The quantitative estimate of drug-likeness (QED) is 0.556. The number of fused-ring (bicyclic) bond motifs is 1. The predicted molar refractivity (Wildman–Crippen MR) is 48.1 cm³/mol. The van der Waals surface area contributed by atoms with Crippen molar-refractivity contribution in [1.82, 2.24) is 14.7 Å². The SMILES string of the molecule is CN1CCc2cnn(C)c2CC1. The molecule has 0 saturated carbocycles. The Labute approximate surface area is 73.0 Å². The summed E-state index contributed by atoms with van der Waals surface area (Å²) >= 11 is 0. The number of nitrogens with zero attached hydrogens (tertiary/aromatic N) is 3. The van der Waals surface area contributed by atoms with Crippen LogP contribution in [0.3, 0.4) is 0 Å². The van der Waals surface area contributed by atoms with E-state index in [0.717, 1.165) is 19.4 Å². The molecule has 0 fully saturated rings. The zero-order valence-electron chi connectivity index (χ0n) is 7.75. The Kier molecular flexibility index (Phi) is 1.89. The molecule has 2 rings (SSSR count). The number of aromatic nitrogens is 2. The van der Waals surface area contributed by atoms with Crippen molar-refractivity contribution in [3.05, 3.63) is 17.5 Å². The van der Waals surface area contributed by atoms with Gasteiger partial charge in [0.05, 0.1) is 6.20 Å². The van der Waals surface area contributed by atoms with Crippen molar-refractivity contribution in [2.24, 2.45) is 7.05 Å². The van der Waals surface area contributed by atoms with Gasteiger partial charge >= 0.3 is 0 Å². The van der Waals surface area contributed by atoms with Gasteiger partial charge in [0.25, 0.3) is 0 Å². The first-order valence-corrected chi connectivity index (χ1v) is 4.45. The Bertz CT molecular complexity index is 277. The molecule has 2 heterocycles. The number of rotatable bonds is 0. The fourth-order valence-electron chi connectivity index (χ4n) is 1.76. The molecule has 0 aromatic carbocycles. The summed E-state index contributed by atoms with van der Waals surface area (Å²) in [5.74, 6) is 0. The molecule has 3 nitrogen and oxygen atoms in total. The van der Waals surface area contributed by atoms with Crippen LogP contribution in [0.2, 0.25) is 0 Å². The van der Waals surface area contributed by atoms with E-state index in [1.165, 1.54) is 17.8 Å². The molecule has 0 radical (unpaired) electrons. The summed E-state index contributed by atoms with van der Waals surface area (Å²) in [7, 11) is 4.21. The van der Waals surface area contributed by atoms with E-state index in [2.05, 4.69) is 17.0 Å². The minimum Gasteiger partial charge on any atom is -0.306 e. The molecule has 1 aliphatic rings. The minimum absolute atomic E-state index is 1.14. The summed E-state index contributed by atoms with van der Waals surface area (Å²) in [6.45, 7) is 2.32. The first-order valence-electron chi connectivity index (χ1n) is 4.45. The van der Waals surface area contributed by atoms with E-state index in [0.29, 0.717) is 0 Å². The van der Waals surface area contributed by atoms with Gasteiger partial charge in [-0.1, -0.05) is 0 Å². The zero-order chi connectivity index (χ0) is 8.55.